The average Bonchev–Trinajstić information content (AvgIpc) is 3.00. The molecule has 0 atom stereocenters. The Bertz CT molecular complexity index is 574. The number of ether oxygens (including phenoxy) is 1. The molecule has 1 aliphatic rings. The van der Waals surface area contributed by atoms with E-state index in [1.54, 1.807) is 11.3 Å². The zero-order valence-electron chi connectivity index (χ0n) is 10.9. The zero-order chi connectivity index (χ0) is 13.2. The van der Waals surface area contributed by atoms with E-state index in [0.29, 0.717) is 6.61 Å². The molecule has 1 aliphatic carbocycles. The van der Waals surface area contributed by atoms with Crippen LogP contribution in [0.3, 0.4) is 0 Å². The molecule has 0 radical (unpaired) electrons. The van der Waals surface area contributed by atoms with Crippen LogP contribution < -0.4 is 4.74 Å². The quantitative estimate of drug-likeness (QED) is 0.790. The topological polar surface area (TPSA) is 26.3 Å². The summed E-state index contributed by atoms with van der Waals surface area (Å²) in [5, 5.41) is 0. The Morgan fingerprint density at radius 3 is 2.74 bits per heavy atom. The SMILES string of the molecule is CCOc1ccc(C(=O)c2cc3c(s2)CCC3)cc1. The summed E-state index contributed by atoms with van der Waals surface area (Å²) in [5.41, 5.74) is 2.11. The van der Waals surface area contributed by atoms with Crippen LogP contribution in [0.15, 0.2) is 30.3 Å². The summed E-state index contributed by atoms with van der Waals surface area (Å²) in [6, 6.07) is 9.48. The van der Waals surface area contributed by atoms with E-state index in [4.69, 9.17) is 4.74 Å². The van der Waals surface area contributed by atoms with Crippen molar-refractivity contribution < 1.29 is 9.53 Å². The van der Waals surface area contributed by atoms with Crippen LogP contribution in [0.2, 0.25) is 0 Å². The fourth-order valence-electron chi connectivity index (χ4n) is 2.45. The maximum Gasteiger partial charge on any atom is 0.202 e. The van der Waals surface area contributed by atoms with Crippen molar-refractivity contribution in [2.24, 2.45) is 0 Å². The lowest BCUT2D eigenvalue weighted by Gasteiger charge is -2.03. The number of benzene rings is 1. The van der Waals surface area contributed by atoms with Gasteiger partial charge in [-0.15, -0.1) is 11.3 Å². The van der Waals surface area contributed by atoms with Crippen LogP contribution in [-0.2, 0) is 12.8 Å². The van der Waals surface area contributed by atoms with Gasteiger partial charge in [0.2, 0.25) is 5.78 Å². The number of carbonyl (C=O) groups is 1. The van der Waals surface area contributed by atoms with Gasteiger partial charge in [-0.3, -0.25) is 4.79 Å². The number of carbonyl (C=O) groups excluding carboxylic acids is 1. The fraction of sp³-hybridized carbons (Fsp3) is 0.312. The van der Waals surface area contributed by atoms with Gasteiger partial charge in [-0.2, -0.15) is 0 Å². The van der Waals surface area contributed by atoms with Crippen molar-refractivity contribution in [1.82, 2.24) is 0 Å². The molecule has 0 bridgehead atoms. The summed E-state index contributed by atoms with van der Waals surface area (Å²) in [4.78, 5) is 14.7. The number of thiophene rings is 1. The maximum absolute atomic E-state index is 12.4. The number of rotatable bonds is 4. The minimum atomic E-state index is 0.127. The molecule has 0 saturated carbocycles. The van der Waals surface area contributed by atoms with Gasteiger partial charge in [0.25, 0.3) is 0 Å². The first-order chi connectivity index (χ1) is 9.28. The summed E-state index contributed by atoms with van der Waals surface area (Å²) in [6.07, 6.45) is 3.50. The van der Waals surface area contributed by atoms with Gasteiger partial charge in [0.15, 0.2) is 0 Å². The highest BCUT2D eigenvalue weighted by Crippen LogP contribution is 2.31. The molecule has 2 nitrogen and oxygen atoms in total. The number of hydrogen-bond acceptors (Lipinski definition) is 3. The van der Waals surface area contributed by atoms with Crippen LogP contribution in [0.1, 0.15) is 39.0 Å². The summed E-state index contributed by atoms with van der Waals surface area (Å²) in [5.74, 6) is 0.940. The Kier molecular flexibility index (Phi) is 3.38. The van der Waals surface area contributed by atoms with Crippen LogP contribution in [0.25, 0.3) is 0 Å². The molecule has 3 heteroatoms. The van der Waals surface area contributed by atoms with Crippen molar-refractivity contribution in [3.8, 4) is 5.75 Å². The average molecular weight is 272 g/mol. The maximum atomic E-state index is 12.4. The van der Waals surface area contributed by atoms with Gasteiger partial charge in [0, 0.05) is 10.4 Å². The van der Waals surface area contributed by atoms with Crippen LogP contribution >= 0.6 is 11.3 Å². The second-order valence-electron chi connectivity index (χ2n) is 4.70. The van der Waals surface area contributed by atoms with Crippen molar-refractivity contribution in [1.29, 1.82) is 0 Å². The Morgan fingerprint density at radius 1 is 1.26 bits per heavy atom. The molecule has 1 heterocycles. The monoisotopic (exact) mass is 272 g/mol. The molecular formula is C16H16O2S. The lowest BCUT2D eigenvalue weighted by Crippen LogP contribution is -1.99. The highest BCUT2D eigenvalue weighted by Gasteiger charge is 2.19. The first-order valence-corrected chi connectivity index (χ1v) is 7.48. The summed E-state index contributed by atoms with van der Waals surface area (Å²) >= 11 is 1.66. The standard InChI is InChI=1S/C16H16O2S/c1-2-18-13-8-6-11(7-9-13)16(17)15-10-12-4-3-5-14(12)19-15/h6-10H,2-5H2,1H3. The van der Waals surface area contributed by atoms with Crippen LogP contribution in [0, 0.1) is 0 Å². The third kappa shape index (κ3) is 2.43. The molecule has 0 spiro atoms. The lowest BCUT2D eigenvalue weighted by atomic mass is 10.1. The van der Waals surface area contributed by atoms with Gasteiger partial charge < -0.3 is 4.74 Å². The molecule has 0 amide bonds. The summed E-state index contributed by atoms with van der Waals surface area (Å²) < 4.78 is 5.39. The van der Waals surface area contributed by atoms with Gasteiger partial charge in [0.1, 0.15) is 5.75 Å². The third-order valence-electron chi connectivity index (χ3n) is 3.40. The van der Waals surface area contributed by atoms with Gasteiger partial charge in [-0.05, 0) is 62.1 Å². The third-order valence-corrected chi connectivity index (χ3v) is 4.63. The van der Waals surface area contributed by atoms with Gasteiger partial charge >= 0.3 is 0 Å². The van der Waals surface area contributed by atoms with E-state index in [1.165, 1.54) is 16.9 Å². The molecule has 0 N–H and O–H groups in total. The van der Waals surface area contributed by atoms with E-state index in [-0.39, 0.29) is 5.78 Å². The summed E-state index contributed by atoms with van der Waals surface area (Å²) in [7, 11) is 0. The van der Waals surface area contributed by atoms with E-state index < -0.39 is 0 Å². The molecule has 3 rings (SSSR count). The Balaban J connectivity index is 1.82. The van der Waals surface area contributed by atoms with Crippen LogP contribution in [-0.4, -0.2) is 12.4 Å². The molecule has 0 unspecified atom stereocenters. The minimum absolute atomic E-state index is 0.127. The smallest absolute Gasteiger partial charge is 0.202 e. The van der Waals surface area contributed by atoms with Crippen LogP contribution in [0.4, 0.5) is 0 Å². The molecule has 1 aromatic carbocycles. The Morgan fingerprint density at radius 2 is 2.05 bits per heavy atom. The van der Waals surface area contributed by atoms with Crippen LogP contribution in [0.5, 0.6) is 5.75 Å². The van der Waals surface area contributed by atoms with Crippen molar-refractivity contribution in [2.45, 2.75) is 26.2 Å². The number of aryl methyl sites for hydroxylation is 2. The molecule has 19 heavy (non-hydrogen) atoms. The largest absolute Gasteiger partial charge is 0.494 e. The first-order valence-electron chi connectivity index (χ1n) is 6.67. The molecule has 0 saturated heterocycles. The lowest BCUT2D eigenvalue weighted by molar-refractivity contribution is 0.104. The van der Waals surface area contributed by atoms with E-state index in [1.807, 2.05) is 31.2 Å². The second kappa shape index (κ2) is 5.17. The summed E-state index contributed by atoms with van der Waals surface area (Å²) in [6.45, 7) is 2.59. The molecule has 98 valence electrons. The molecular weight excluding hydrogens is 256 g/mol. The van der Waals surface area contributed by atoms with E-state index >= 15 is 0 Å². The number of ketones is 1. The number of hydrogen-bond donors (Lipinski definition) is 0. The normalized spacial score (nSPS) is 13.3. The van der Waals surface area contributed by atoms with E-state index in [0.717, 1.165) is 29.0 Å². The number of fused-ring (bicyclic) bond motifs is 1. The molecule has 0 fully saturated rings. The predicted molar refractivity (Wildman–Crippen MR) is 77.4 cm³/mol. The Hall–Kier alpha value is -1.61. The zero-order valence-corrected chi connectivity index (χ0v) is 11.8. The van der Waals surface area contributed by atoms with Crippen molar-refractivity contribution in [3.05, 3.63) is 51.2 Å². The molecule has 2 aromatic rings. The first kappa shape index (κ1) is 12.4. The van der Waals surface area contributed by atoms with E-state index in [9.17, 15) is 4.79 Å². The molecule has 1 aromatic heterocycles. The predicted octanol–water partition coefficient (Wildman–Crippen LogP) is 3.87. The Labute approximate surface area is 117 Å². The van der Waals surface area contributed by atoms with E-state index in [2.05, 4.69) is 6.07 Å². The second-order valence-corrected chi connectivity index (χ2v) is 5.84. The fourth-order valence-corrected chi connectivity index (χ4v) is 3.67. The van der Waals surface area contributed by atoms with Gasteiger partial charge in [-0.25, -0.2) is 0 Å². The van der Waals surface area contributed by atoms with Gasteiger partial charge in [0.05, 0.1) is 11.5 Å². The highest BCUT2D eigenvalue weighted by atomic mass is 32.1. The van der Waals surface area contributed by atoms with Gasteiger partial charge in [-0.1, -0.05) is 0 Å². The minimum Gasteiger partial charge on any atom is -0.494 e. The van der Waals surface area contributed by atoms with Crippen molar-refractivity contribution >= 4 is 17.1 Å². The molecule has 0 aliphatic heterocycles. The highest BCUT2D eigenvalue weighted by molar-refractivity contribution is 7.14. The van der Waals surface area contributed by atoms with Crippen molar-refractivity contribution in [2.75, 3.05) is 6.61 Å². The van der Waals surface area contributed by atoms with Crippen molar-refractivity contribution in [3.63, 3.8) is 0 Å².